The fraction of sp³-hybridized carbons (Fsp3) is 0.0556. The number of hydrogen-bond donors (Lipinski definition) is 1. The van der Waals surface area contributed by atoms with Crippen LogP contribution >= 0.6 is 34.4 Å². The highest BCUT2D eigenvalue weighted by atomic mass is 127. The predicted molar refractivity (Wildman–Crippen MR) is 107 cm³/mol. The molecular weight excluding hydrogens is 451 g/mol. The van der Waals surface area contributed by atoms with Gasteiger partial charge in [-0.15, -0.1) is 0 Å². The molecule has 3 amide bonds. The standard InChI is InChI=1S/C18H13IN2O3S/c19-14-9-5-4-6-12(14)10-15-17(23)21(18(24)25-15)11-16(22)20-13-7-2-1-3-8-13/h1-10H,11H2,(H,20,22)/b15-10-. The quantitative estimate of drug-likeness (QED) is 0.550. The van der Waals surface area contributed by atoms with Gasteiger partial charge in [0.2, 0.25) is 5.91 Å². The SMILES string of the molecule is O=C(CN1C(=O)S/C(=C\c2ccccc2I)C1=O)Nc1ccccc1. The summed E-state index contributed by atoms with van der Waals surface area (Å²) in [6, 6.07) is 16.5. The normalized spacial score (nSPS) is 15.7. The number of amides is 3. The van der Waals surface area contributed by atoms with Crippen molar-refractivity contribution in [1.82, 2.24) is 4.90 Å². The molecule has 1 N–H and O–H groups in total. The number of rotatable bonds is 4. The number of imide groups is 1. The molecule has 7 heteroatoms. The van der Waals surface area contributed by atoms with Crippen molar-refractivity contribution in [3.05, 3.63) is 68.6 Å². The Balaban J connectivity index is 1.71. The van der Waals surface area contributed by atoms with E-state index < -0.39 is 17.1 Å². The molecule has 25 heavy (non-hydrogen) atoms. The van der Waals surface area contributed by atoms with E-state index in [2.05, 4.69) is 27.9 Å². The molecule has 0 spiro atoms. The molecule has 0 radical (unpaired) electrons. The highest BCUT2D eigenvalue weighted by Crippen LogP contribution is 2.32. The summed E-state index contributed by atoms with van der Waals surface area (Å²) in [5.74, 6) is -0.859. The first-order valence-corrected chi connectivity index (χ1v) is 9.29. The predicted octanol–water partition coefficient (Wildman–Crippen LogP) is 3.97. The van der Waals surface area contributed by atoms with Crippen molar-refractivity contribution in [3.8, 4) is 0 Å². The first-order valence-electron chi connectivity index (χ1n) is 7.39. The molecule has 126 valence electrons. The molecule has 0 saturated carbocycles. The van der Waals surface area contributed by atoms with E-state index in [9.17, 15) is 14.4 Å². The maximum Gasteiger partial charge on any atom is 0.294 e. The molecule has 2 aromatic rings. The van der Waals surface area contributed by atoms with Crippen LogP contribution in [-0.2, 0) is 9.59 Å². The first-order chi connectivity index (χ1) is 12.0. The van der Waals surface area contributed by atoms with E-state index in [-0.39, 0.29) is 6.54 Å². The molecule has 5 nitrogen and oxygen atoms in total. The fourth-order valence-corrected chi connectivity index (χ4v) is 3.61. The lowest BCUT2D eigenvalue weighted by Crippen LogP contribution is -2.36. The van der Waals surface area contributed by atoms with Crippen LogP contribution in [0.5, 0.6) is 0 Å². The second kappa shape index (κ2) is 7.83. The Morgan fingerprint density at radius 1 is 1.08 bits per heavy atom. The Hall–Kier alpha value is -2.13. The Labute approximate surface area is 162 Å². The van der Waals surface area contributed by atoms with Gasteiger partial charge in [-0.25, -0.2) is 0 Å². The third kappa shape index (κ3) is 4.29. The highest BCUT2D eigenvalue weighted by Gasteiger charge is 2.36. The fourth-order valence-electron chi connectivity index (χ4n) is 2.24. The van der Waals surface area contributed by atoms with Crippen molar-refractivity contribution in [1.29, 1.82) is 0 Å². The minimum atomic E-state index is -0.446. The topological polar surface area (TPSA) is 66.5 Å². The van der Waals surface area contributed by atoms with Gasteiger partial charge in [0.25, 0.3) is 11.1 Å². The lowest BCUT2D eigenvalue weighted by atomic mass is 10.2. The maximum absolute atomic E-state index is 12.5. The Kier molecular flexibility index (Phi) is 5.54. The second-order valence-corrected chi connectivity index (χ2v) is 7.36. The first kappa shape index (κ1) is 17.7. The van der Waals surface area contributed by atoms with E-state index in [1.165, 1.54) is 0 Å². The number of para-hydroxylation sites is 1. The van der Waals surface area contributed by atoms with Gasteiger partial charge in [0.05, 0.1) is 4.91 Å². The van der Waals surface area contributed by atoms with Gasteiger partial charge in [0.1, 0.15) is 6.54 Å². The highest BCUT2D eigenvalue weighted by molar-refractivity contribution is 14.1. The van der Waals surface area contributed by atoms with Crippen molar-refractivity contribution in [2.45, 2.75) is 0 Å². The number of halogens is 1. The number of carbonyl (C=O) groups is 3. The molecule has 1 fully saturated rings. The summed E-state index contributed by atoms with van der Waals surface area (Å²) in [5.41, 5.74) is 1.48. The van der Waals surface area contributed by atoms with Crippen LogP contribution < -0.4 is 5.32 Å². The molecule has 0 bridgehead atoms. The number of thioether (sulfide) groups is 1. The minimum absolute atomic E-state index is 0.303. The van der Waals surface area contributed by atoms with E-state index in [0.717, 1.165) is 25.8 Å². The van der Waals surface area contributed by atoms with Gasteiger partial charge >= 0.3 is 0 Å². The van der Waals surface area contributed by atoms with Crippen molar-refractivity contribution < 1.29 is 14.4 Å². The molecule has 1 aliphatic heterocycles. The van der Waals surface area contributed by atoms with Gasteiger partial charge in [-0.05, 0) is 64.2 Å². The average molecular weight is 464 g/mol. The summed E-state index contributed by atoms with van der Waals surface area (Å²) in [5, 5.41) is 2.23. The molecule has 0 atom stereocenters. The number of benzene rings is 2. The zero-order valence-electron chi connectivity index (χ0n) is 12.9. The molecule has 1 saturated heterocycles. The largest absolute Gasteiger partial charge is 0.325 e. The Morgan fingerprint density at radius 3 is 2.48 bits per heavy atom. The van der Waals surface area contributed by atoms with Crippen LogP contribution in [0.4, 0.5) is 10.5 Å². The van der Waals surface area contributed by atoms with Gasteiger partial charge in [0.15, 0.2) is 0 Å². The molecule has 1 heterocycles. The van der Waals surface area contributed by atoms with Crippen molar-refractivity contribution >= 4 is 63.2 Å². The summed E-state index contributed by atoms with van der Waals surface area (Å²) in [6.45, 7) is -0.303. The van der Waals surface area contributed by atoms with E-state index in [1.54, 1.807) is 30.3 Å². The summed E-state index contributed by atoms with van der Waals surface area (Å²) < 4.78 is 0.980. The van der Waals surface area contributed by atoms with Crippen LogP contribution in [0.15, 0.2) is 59.5 Å². The number of hydrogen-bond acceptors (Lipinski definition) is 4. The van der Waals surface area contributed by atoms with Crippen LogP contribution in [0, 0.1) is 3.57 Å². The van der Waals surface area contributed by atoms with Crippen molar-refractivity contribution in [3.63, 3.8) is 0 Å². The van der Waals surface area contributed by atoms with Gasteiger partial charge in [-0.1, -0.05) is 36.4 Å². The molecule has 1 aliphatic rings. The zero-order valence-corrected chi connectivity index (χ0v) is 15.9. The second-order valence-electron chi connectivity index (χ2n) is 5.20. The van der Waals surface area contributed by atoms with Gasteiger partial charge in [0, 0.05) is 9.26 Å². The van der Waals surface area contributed by atoms with Gasteiger partial charge in [-0.2, -0.15) is 0 Å². The summed E-state index contributed by atoms with van der Waals surface area (Å²) in [6.07, 6.45) is 1.68. The lowest BCUT2D eigenvalue weighted by Gasteiger charge is -2.12. The van der Waals surface area contributed by atoms with E-state index in [4.69, 9.17) is 0 Å². The third-order valence-corrected chi connectivity index (χ3v) is 5.31. The van der Waals surface area contributed by atoms with Crippen LogP contribution in [-0.4, -0.2) is 28.5 Å². The van der Waals surface area contributed by atoms with Gasteiger partial charge < -0.3 is 5.32 Å². The summed E-state index contributed by atoms with van der Waals surface area (Å²) in [7, 11) is 0. The smallest absolute Gasteiger partial charge is 0.294 e. The van der Waals surface area contributed by atoms with Crippen LogP contribution in [0.1, 0.15) is 5.56 Å². The molecule has 2 aromatic carbocycles. The van der Waals surface area contributed by atoms with E-state index in [0.29, 0.717) is 10.6 Å². The van der Waals surface area contributed by atoms with E-state index >= 15 is 0 Å². The number of nitrogens with zero attached hydrogens (tertiary/aromatic N) is 1. The third-order valence-electron chi connectivity index (χ3n) is 3.42. The monoisotopic (exact) mass is 464 g/mol. The van der Waals surface area contributed by atoms with Gasteiger partial charge in [-0.3, -0.25) is 19.3 Å². The minimum Gasteiger partial charge on any atom is -0.325 e. The zero-order chi connectivity index (χ0) is 17.8. The number of nitrogens with one attached hydrogen (secondary N) is 1. The average Bonchev–Trinajstić information content (AvgIpc) is 2.85. The lowest BCUT2D eigenvalue weighted by molar-refractivity contribution is -0.127. The Morgan fingerprint density at radius 2 is 1.76 bits per heavy atom. The van der Waals surface area contributed by atoms with Crippen molar-refractivity contribution in [2.24, 2.45) is 0 Å². The van der Waals surface area contributed by atoms with Crippen molar-refractivity contribution in [2.75, 3.05) is 11.9 Å². The summed E-state index contributed by atoms with van der Waals surface area (Å²) in [4.78, 5) is 37.9. The Bertz CT molecular complexity index is 868. The van der Waals surface area contributed by atoms with E-state index in [1.807, 2.05) is 30.3 Å². The molecule has 3 rings (SSSR count). The van der Waals surface area contributed by atoms with Crippen LogP contribution in [0.2, 0.25) is 0 Å². The van der Waals surface area contributed by atoms with Crippen LogP contribution in [0.3, 0.4) is 0 Å². The van der Waals surface area contributed by atoms with Crippen LogP contribution in [0.25, 0.3) is 6.08 Å². The molecule has 0 unspecified atom stereocenters. The molecule has 0 aromatic heterocycles. The number of anilines is 1. The number of carbonyl (C=O) groups excluding carboxylic acids is 3. The molecular formula is C18H13IN2O3S. The maximum atomic E-state index is 12.5. The summed E-state index contributed by atoms with van der Waals surface area (Å²) >= 11 is 3.02. The molecule has 0 aliphatic carbocycles.